The van der Waals surface area contributed by atoms with Gasteiger partial charge in [-0.15, -0.1) is 0 Å². The van der Waals surface area contributed by atoms with Crippen LogP contribution in [0.1, 0.15) is 38.8 Å². The van der Waals surface area contributed by atoms with Gasteiger partial charge in [0.15, 0.2) is 9.84 Å². The molecular formula is C21H23N5O2S. The van der Waals surface area contributed by atoms with Gasteiger partial charge in [0.25, 0.3) is 0 Å². The van der Waals surface area contributed by atoms with E-state index in [0.717, 1.165) is 34.3 Å². The second-order valence-corrected chi connectivity index (χ2v) is 9.77. The number of nitrogens with one attached hydrogen (secondary N) is 1. The molecule has 150 valence electrons. The molecule has 1 N–H and O–H groups in total. The van der Waals surface area contributed by atoms with Crippen molar-refractivity contribution in [2.45, 2.75) is 43.4 Å². The zero-order valence-electron chi connectivity index (χ0n) is 16.6. The topological polar surface area (TPSA) is 93.5 Å². The second kappa shape index (κ2) is 7.44. The molecule has 0 aliphatic rings. The van der Waals surface area contributed by atoms with E-state index in [2.05, 4.69) is 27.0 Å². The van der Waals surface area contributed by atoms with E-state index in [1.54, 1.807) is 38.2 Å². The van der Waals surface area contributed by atoms with Crippen LogP contribution >= 0.6 is 0 Å². The maximum absolute atomic E-state index is 12.6. The largest absolute Gasteiger partial charge is 0.346 e. The molecule has 7 nitrogen and oxygen atoms in total. The molecule has 0 saturated heterocycles. The molecule has 1 aromatic carbocycles. The quantitative estimate of drug-likeness (QED) is 0.519. The first-order valence-corrected chi connectivity index (χ1v) is 11.1. The number of H-pyrrole nitrogens is 1. The van der Waals surface area contributed by atoms with Gasteiger partial charge in [0.05, 0.1) is 28.1 Å². The van der Waals surface area contributed by atoms with Gasteiger partial charge in [0.2, 0.25) is 0 Å². The zero-order valence-corrected chi connectivity index (χ0v) is 17.4. The van der Waals surface area contributed by atoms with E-state index in [1.807, 2.05) is 29.2 Å². The van der Waals surface area contributed by atoms with Crippen LogP contribution in [0, 0.1) is 0 Å². The van der Waals surface area contributed by atoms with Gasteiger partial charge < -0.3 is 4.98 Å². The fourth-order valence-corrected chi connectivity index (χ4v) is 4.59. The fourth-order valence-electron chi connectivity index (χ4n) is 3.48. The van der Waals surface area contributed by atoms with E-state index in [1.165, 1.54) is 6.33 Å². The van der Waals surface area contributed by atoms with Gasteiger partial charge in [-0.2, -0.15) is 5.10 Å². The molecule has 1 unspecified atom stereocenters. The van der Waals surface area contributed by atoms with Gasteiger partial charge in [-0.3, -0.25) is 4.68 Å². The van der Waals surface area contributed by atoms with Crippen molar-refractivity contribution < 1.29 is 8.42 Å². The van der Waals surface area contributed by atoms with Crippen LogP contribution in [-0.2, 0) is 9.84 Å². The zero-order chi connectivity index (χ0) is 20.6. The van der Waals surface area contributed by atoms with Crippen LogP contribution in [0.25, 0.3) is 22.3 Å². The van der Waals surface area contributed by atoms with Crippen molar-refractivity contribution in [3.05, 3.63) is 60.8 Å². The monoisotopic (exact) mass is 409 g/mol. The Bertz CT molecular complexity index is 1260. The molecule has 1 atom stereocenters. The van der Waals surface area contributed by atoms with Crippen molar-refractivity contribution in [1.82, 2.24) is 24.7 Å². The Morgan fingerprint density at radius 1 is 1.17 bits per heavy atom. The highest BCUT2D eigenvalue weighted by Crippen LogP contribution is 2.29. The molecule has 0 aliphatic carbocycles. The molecule has 8 heteroatoms. The van der Waals surface area contributed by atoms with E-state index in [9.17, 15) is 8.42 Å². The van der Waals surface area contributed by atoms with E-state index in [4.69, 9.17) is 0 Å². The van der Waals surface area contributed by atoms with E-state index in [-0.39, 0.29) is 6.04 Å². The first-order chi connectivity index (χ1) is 13.9. The fraction of sp³-hybridized carbons (Fsp3) is 0.286. The Balaban J connectivity index is 1.73. The number of sulfone groups is 1. The minimum absolute atomic E-state index is 0.0744. The van der Waals surface area contributed by atoms with Gasteiger partial charge >= 0.3 is 0 Å². The summed E-state index contributed by atoms with van der Waals surface area (Å²) in [6.07, 6.45) is 7.88. The summed E-state index contributed by atoms with van der Waals surface area (Å²) >= 11 is 0. The summed E-state index contributed by atoms with van der Waals surface area (Å²) in [6, 6.07) is 9.04. The molecule has 3 heterocycles. The van der Waals surface area contributed by atoms with Crippen LogP contribution in [-0.4, -0.2) is 38.4 Å². The lowest BCUT2D eigenvalue weighted by Crippen LogP contribution is -2.15. The van der Waals surface area contributed by atoms with Gasteiger partial charge in [-0.25, -0.2) is 18.4 Å². The predicted octanol–water partition coefficient (Wildman–Crippen LogP) is 4.00. The summed E-state index contributed by atoms with van der Waals surface area (Å²) in [4.78, 5) is 12.1. The standard InChI is InChI=1S/C21H23N5O2S/c1-4-19(15-6-5-7-17(10-15)29(27,28)14(2)3)26-12-16(11-25-26)20-18-8-9-22-21(18)24-13-23-20/h5-14,19H,4H2,1-3H3,(H,22,23,24). The lowest BCUT2D eigenvalue weighted by Gasteiger charge is -2.17. The number of benzene rings is 1. The van der Waals surface area contributed by atoms with E-state index >= 15 is 0 Å². The highest BCUT2D eigenvalue weighted by Gasteiger charge is 2.22. The minimum atomic E-state index is -3.33. The average Bonchev–Trinajstić information content (AvgIpc) is 3.38. The molecule has 29 heavy (non-hydrogen) atoms. The number of hydrogen-bond donors (Lipinski definition) is 1. The maximum atomic E-state index is 12.6. The number of aromatic amines is 1. The highest BCUT2D eigenvalue weighted by atomic mass is 32.2. The van der Waals surface area contributed by atoms with Crippen molar-refractivity contribution in [2.24, 2.45) is 0 Å². The van der Waals surface area contributed by atoms with E-state index in [0.29, 0.717) is 4.90 Å². The van der Waals surface area contributed by atoms with Crippen LogP contribution in [0.5, 0.6) is 0 Å². The number of rotatable bonds is 6. The molecule has 0 bridgehead atoms. The number of nitrogens with zero attached hydrogens (tertiary/aromatic N) is 4. The third-order valence-corrected chi connectivity index (χ3v) is 7.28. The normalized spacial score (nSPS) is 13.2. The summed E-state index contributed by atoms with van der Waals surface area (Å²) in [5.74, 6) is 0. The smallest absolute Gasteiger partial charge is 0.180 e. The molecular weight excluding hydrogens is 386 g/mol. The molecule has 4 aromatic rings. The van der Waals surface area contributed by atoms with Crippen molar-refractivity contribution in [2.75, 3.05) is 0 Å². The van der Waals surface area contributed by atoms with E-state index < -0.39 is 15.1 Å². The highest BCUT2D eigenvalue weighted by molar-refractivity contribution is 7.92. The lowest BCUT2D eigenvalue weighted by atomic mass is 10.0. The van der Waals surface area contributed by atoms with Gasteiger partial charge in [-0.1, -0.05) is 19.1 Å². The van der Waals surface area contributed by atoms with Gasteiger partial charge in [0.1, 0.15) is 12.0 Å². The third-order valence-electron chi connectivity index (χ3n) is 5.13. The van der Waals surface area contributed by atoms with Crippen LogP contribution in [0.15, 0.2) is 60.1 Å². The average molecular weight is 410 g/mol. The SMILES string of the molecule is CCC(c1cccc(S(=O)(=O)C(C)C)c1)n1cc(-c2ncnc3[nH]ccc23)cn1. The lowest BCUT2D eigenvalue weighted by molar-refractivity contribution is 0.508. The Kier molecular flexibility index (Phi) is 4.96. The predicted molar refractivity (Wildman–Crippen MR) is 112 cm³/mol. The van der Waals surface area contributed by atoms with Crippen LogP contribution in [0.4, 0.5) is 0 Å². The van der Waals surface area contributed by atoms with Crippen molar-refractivity contribution in [1.29, 1.82) is 0 Å². The maximum Gasteiger partial charge on any atom is 0.180 e. The molecule has 0 fully saturated rings. The summed E-state index contributed by atoms with van der Waals surface area (Å²) in [6.45, 7) is 5.45. The van der Waals surface area contributed by atoms with Crippen LogP contribution < -0.4 is 0 Å². The third kappa shape index (κ3) is 3.44. The molecule has 3 aromatic heterocycles. The summed E-state index contributed by atoms with van der Waals surface area (Å²) in [7, 11) is -3.33. The summed E-state index contributed by atoms with van der Waals surface area (Å²) in [5.41, 5.74) is 3.40. The summed E-state index contributed by atoms with van der Waals surface area (Å²) in [5, 5.41) is 5.03. The van der Waals surface area contributed by atoms with Crippen molar-refractivity contribution in [3.63, 3.8) is 0 Å². The molecule has 0 aliphatic heterocycles. The molecule has 0 amide bonds. The molecule has 0 spiro atoms. The molecule has 4 rings (SSSR count). The number of hydrogen-bond acceptors (Lipinski definition) is 5. The summed E-state index contributed by atoms with van der Waals surface area (Å²) < 4.78 is 27.0. The second-order valence-electron chi connectivity index (χ2n) is 7.26. The number of aromatic nitrogens is 5. The van der Waals surface area contributed by atoms with Gasteiger partial charge in [-0.05, 0) is 44.0 Å². The van der Waals surface area contributed by atoms with Gasteiger partial charge in [0, 0.05) is 23.3 Å². The van der Waals surface area contributed by atoms with Crippen molar-refractivity contribution >= 4 is 20.9 Å². The van der Waals surface area contributed by atoms with Crippen molar-refractivity contribution in [3.8, 4) is 11.3 Å². The Labute approximate surface area is 169 Å². The Morgan fingerprint density at radius 3 is 2.76 bits per heavy atom. The molecule has 0 radical (unpaired) electrons. The first kappa shape index (κ1) is 19.3. The Hall–Kier alpha value is -3.00. The van der Waals surface area contributed by atoms with Crippen LogP contribution in [0.2, 0.25) is 0 Å². The number of fused-ring (bicyclic) bond motifs is 1. The minimum Gasteiger partial charge on any atom is -0.346 e. The first-order valence-electron chi connectivity index (χ1n) is 9.58. The van der Waals surface area contributed by atoms with Crippen LogP contribution in [0.3, 0.4) is 0 Å². The Morgan fingerprint density at radius 2 is 2.00 bits per heavy atom. The molecule has 0 saturated carbocycles.